The number of rotatable bonds is 7. The number of ether oxygens (including phenoxy) is 1. The Labute approximate surface area is 198 Å². The average molecular weight is 459 g/mol. The summed E-state index contributed by atoms with van der Waals surface area (Å²) in [5.74, 6) is 1.03. The van der Waals surface area contributed by atoms with Crippen LogP contribution in [0, 0.1) is 17.3 Å². The van der Waals surface area contributed by atoms with Gasteiger partial charge in [-0.25, -0.2) is 9.78 Å². The third-order valence-corrected chi connectivity index (χ3v) is 7.31. The number of hydrogen-bond acceptors (Lipinski definition) is 5. The zero-order valence-corrected chi connectivity index (χ0v) is 20.6. The molecule has 0 aliphatic heterocycles. The number of alkyl carbamates (subject to hydrolysis) is 1. The van der Waals surface area contributed by atoms with Crippen LogP contribution in [0.2, 0.25) is 0 Å². The van der Waals surface area contributed by atoms with Gasteiger partial charge in [0.25, 0.3) is 0 Å². The SMILES string of the molecule is CC(C)(C)OC(=O)NCC(C(=O)NCc1ccc(N)nc1)(C1CCCCC1)C1CCCCC1. The quantitative estimate of drug-likeness (QED) is 0.536. The number of anilines is 1. The van der Waals surface area contributed by atoms with Crippen molar-refractivity contribution in [2.75, 3.05) is 12.3 Å². The largest absolute Gasteiger partial charge is 0.444 e. The lowest BCUT2D eigenvalue weighted by molar-refractivity contribution is -0.141. The first-order chi connectivity index (χ1) is 15.7. The molecule has 33 heavy (non-hydrogen) atoms. The van der Waals surface area contributed by atoms with Crippen molar-refractivity contribution in [2.45, 2.75) is 97.1 Å². The van der Waals surface area contributed by atoms with Gasteiger partial charge in [-0.3, -0.25) is 4.79 Å². The fraction of sp³-hybridized carbons (Fsp3) is 0.731. The molecule has 0 spiro atoms. The van der Waals surface area contributed by atoms with Crippen molar-refractivity contribution < 1.29 is 14.3 Å². The number of pyridine rings is 1. The fourth-order valence-electron chi connectivity index (χ4n) is 5.73. The van der Waals surface area contributed by atoms with Crippen LogP contribution >= 0.6 is 0 Å². The van der Waals surface area contributed by atoms with Crippen molar-refractivity contribution >= 4 is 17.8 Å². The minimum absolute atomic E-state index is 0.0502. The molecule has 3 rings (SSSR count). The van der Waals surface area contributed by atoms with Crippen LogP contribution in [0.25, 0.3) is 0 Å². The van der Waals surface area contributed by atoms with Gasteiger partial charge in [-0.05, 0) is 69.9 Å². The van der Waals surface area contributed by atoms with Crippen LogP contribution in [-0.2, 0) is 16.1 Å². The Balaban J connectivity index is 1.85. The number of carbonyl (C=O) groups is 2. The molecule has 2 aliphatic carbocycles. The van der Waals surface area contributed by atoms with E-state index in [4.69, 9.17) is 10.5 Å². The van der Waals surface area contributed by atoms with Gasteiger partial charge in [0.15, 0.2) is 0 Å². The molecule has 7 nitrogen and oxygen atoms in total. The Morgan fingerprint density at radius 2 is 1.55 bits per heavy atom. The monoisotopic (exact) mass is 458 g/mol. The van der Waals surface area contributed by atoms with E-state index >= 15 is 0 Å². The molecule has 4 N–H and O–H groups in total. The minimum Gasteiger partial charge on any atom is -0.444 e. The molecule has 7 heteroatoms. The van der Waals surface area contributed by atoms with Crippen LogP contribution in [0.4, 0.5) is 10.6 Å². The lowest BCUT2D eigenvalue weighted by Crippen LogP contribution is -2.57. The van der Waals surface area contributed by atoms with Crippen LogP contribution in [0.3, 0.4) is 0 Å². The van der Waals surface area contributed by atoms with E-state index in [0.717, 1.165) is 56.9 Å². The smallest absolute Gasteiger partial charge is 0.407 e. The summed E-state index contributed by atoms with van der Waals surface area (Å²) in [6.45, 7) is 6.29. The number of nitrogens with one attached hydrogen (secondary N) is 2. The normalized spacial score (nSPS) is 18.5. The molecule has 2 amide bonds. The fourth-order valence-corrected chi connectivity index (χ4v) is 5.73. The average Bonchev–Trinajstić information content (AvgIpc) is 2.79. The molecular formula is C26H42N4O3. The highest BCUT2D eigenvalue weighted by Gasteiger charge is 2.51. The first kappa shape index (κ1) is 25.3. The van der Waals surface area contributed by atoms with E-state index in [0.29, 0.717) is 18.9 Å². The van der Waals surface area contributed by atoms with Gasteiger partial charge in [0, 0.05) is 19.3 Å². The number of nitrogens with two attached hydrogens (primary N) is 1. The molecule has 0 aromatic carbocycles. The maximum absolute atomic E-state index is 14.1. The molecule has 0 radical (unpaired) electrons. The first-order valence-corrected chi connectivity index (χ1v) is 12.7. The van der Waals surface area contributed by atoms with Crippen LogP contribution in [-0.4, -0.2) is 29.1 Å². The Bertz CT molecular complexity index is 758. The summed E-state index contributed by atoms with van der Waals surface area (Å²) in [4.78, 5) is 30.8. The summed E-state index contributed by atoms with van der Waals surface area (Å²) < 4.78 is 5.53. The van der Waals surface area contributed by atoms with Gasteiger partial charge in [0.1, 0.15) is 11.4 Å². The molecular weight excluding hydrogens is 416 g/mol. The minimum atomic E-state index is -0.626. The van der Waals surface area contributed by atoms with Gasteiger partial charge < -0.3 is 21.1 Å². The second kappa shape index (κ2) is 11.2. The predicted octanol–water partition coefficient (Wildman–Crippen LogP) is 4.95. The Hall–Kier alpha value is -2.31. The summed E-state index contributed by atoms with van der Waals surface area (Å²) in [5, 5.41) is 6.22. The topological polar surface area (TPSA) is 106 Å². The van der Waals surface area contributed by atoms with Crippen LogP contribution in [0.5, 0.6) is 0 Å². The Kier molecular flexibility index (Phi) is 8.60. The lowest BCUT2D eigenvalue weighted by Gasteiger charge is -2.48. The van der Waals surface area contributed by atoms with E-state index in [9.17, 15) is 9.59 Å². The van der Waals surface area contributed by atoms with Gasteiger partial charge in [0.05, 0.1) is 5.41 Å². The molecule has 2 saturated carbocycles. The Morgan fingerprint density at radius 3 is 2.03 bits per heavy atom. The number of amides is 2. The molecule has 0 atom stereocenters. The molecule has 1 aromatic rings. The van der Waals surface area contributed by atoms with Crippen molar-refractivity contribution in [1.82, 2.24) is 15.6 Å². The van der Waals surface area contributed by atoms with Crippen molar-refractivity contribution in [1.29, 1.82) is 0 Å². The highest BCUT2D eigenvalue weighted by atomic mass is 16.6. The van der Waals surface area contributed by atoms with Gasteiger partial charge in [-0.2, -0.15) is 0 Å². The molecule has 2 fully saturated rings. The molecule has 1 aromatic heterocycles. The zero-order chi connectivity index (χ0) is 23.9. The first-order valence-electron chi connectivity index (χ1n) is 12.7. The summed E-state index contributed by atoms with van der Waals surface area (Å²) >= 11 is 0. The molecule has 0 saturated heterocycles. The molecule has 0 unspecified atom stereocenters. The number of nitrogen functional groups attached to an aromatic ring is 1. The summed E-state index contributed by atoms with van der Waals surface area (Å²) in [6.07, 6.45) is 12.4. The van der Waals surface area contributed by atoms with Crippen LogP contribution < -0.4 is 16.4 Å². The molecule has 1 heterocycles. The lowest BCUT2D eigenvalue weighted by atomic mass is 9.58. The van der Waals surface area contributed by atoms with E-state index in [2.05, 4.69) is 15.6 Å². The molecule has 0 bridgehead atoms. The highest BCUT2D eigenvalue weighted by molar-refractivity contribution is 5.84. The third kappa shape index (κ3) is 6.84. The van der Waals surface area contributed by atoms with E-state index < -0.39 is 17.1 Å². The summed E-state index contributed by atoms with van der Waals surface area (Å²) in [7, 11) is 0. The number of aromatic nitrogens is 1. The molecule has 2 aliphatic rings. The number of carbonyl (C=O) groups excluding carboxylic acids is 2. The van der Waals surface area contributed by atoms with Crippen molar-refractivity contribution in [3.8, 4) is 0 Å². The van der Waals surface area contributed by atoms with Gasteiger partial charge >= 0.3 is 6.09 Å². The van der Waals surface area contributed by atoms with Crippen LogP contribution in [0.15, 0.2) is 18.3 Å². The zero-order valence-electron chi connectivity index (χ0n) is 20.6. The van der Waals surface area contributed by atoms with E-state index in [-0.39, 0.29) is 17.7 Å². The maximum atomic E-state index is 14.1. The number of nitrogens with zero attached hydrogens (tertiary/aromatic N) is 1. The summed E-state index contributed by atoms with van der Waals surface area (Å²) in [6, 6.07) is 3.64. The van der Waals surface area contributed by atoms with Gasteiger partial charge in [-0.1, -0.05) is 44.6 Å². The summed E-state index contributed by atoms with van der Waals surface area (Å²) in [5.41, 5.74) is 5.42. The second-order valence-electron chi connectivity index (χ2n) is 10.8. The number of hydrogen-bond donors (Lipinski definition) is 3. The molecule has 184 valence electrons. The van der Waals surface area contributed by atoms with Gasteiger partial charge in [0.2, 0.25) is 5.91 Å². The van der Waals surface area contributed by atoms with E-state index in [1.165, 1.54) is 12.8 Å². The van der Waals surface area contributed by atoms with Crippen LogP contribution in [0.1, 0.15) is 90.5 Å². The highest BCUT2D eigenvalue weighted by Crippen LogP contribution is 2.49. The van der Waals surface area contributed by atoms with Crippen molar-refractivity contribution in [2.24, 2.45) is 17.3 Å². The maximum Gasteiger partial charge on any atom is 0.407 e. The second-order valence-corrected chi connectivity index (χ2v) is 10.8. The van der Waals surface area contributed by atoms with Crippen molar-refractivity contribution in [3.05, 3.63) is 23.9 Å². The third-order valence-electron chi connectivity index (χ3n) is 7.31. The van der Waals surface area contributed by atoms with Gasteiger partial charge in [-0.15, -0.1) is 0 Å². The van der Waals surface area contributed by atoms with E-state index in [1.807, 2.05) is 26.8 Å². The van der Waals surface area contributed by atoms with Crippen molar-refractivity contribution in [3.63, 3.8) is 0 Å². The standard InChI is InChI=1S/C26H42N4O3/c1-25(2,3)33-24(32)30-18-26(20-10-6-4-7-11-20,21-12-8-5-9-13-21)23(31)29-17-19-14-15-22(27)28-16-19/h14-16,20-21H,4-13,17-18H2,1-3H3,(H2,27,28)(H,29,31)(H,30,32). The predicted molar refractivity (Wildman–Crippen MR) is 130 cm³/mol. The van der Waals surface area contributed by atoms with E-state index in [1.54, 1.807) is 12.3 Å². The Morgan fingerprint density at radius 1 is 0.970 bits per heavy atom.